The minimum atomic E-state index is -4.50. The normalized spacial score (nSPS) is 18.1. The molecule has 1 aliphatic rings. The summed E-state index contributed by atoms with van der Waals surface area (Å²) in [5, 5.41) is 2.97. The van der Waals surface area contributed by atoms with Gasteiger partial charge in [0.15, 0.2) is 0 Å². The highest BCUT2D eigenvalue weighted by Crippen LogP contribution is 2.35. The molecule has 110 valence electrons. The van der Waals surface area contributed by atoms with E-state index in [4.69, 9.17) is 5.73 Å². The molecule has 1 aromatic rings. The smallest absolute Gasteiger partial charge is 0.368 e. The Morgan fingerprint density at radius 2 is 1.85 bits per heavy atom. The van der Waals surface area contributed by atoms with Crippen LogP contribution in [0.25, 0.3) is 0 Å². The number of nitrogens with one attached hydrogen (secondary N) is 1. The number of nitrogens with two attached hydrogens (primary N) is 1. The topological polar surface area (TPSA) is 55.1 Å². The number of amides is 1. The van der Waals surface area contributed by atoms with Crippen molar-refractivity contribution in [1.82, 2.24) is 5.32 Å². The van der Waals surface area contributed by atoms with E-state index in [2.05, 4.69) is 5.32 Å². The number of halogens is 3. The molecule has 2 rings (SSSR count). The van der Waals surface area contributed by atoms with Gasteiger partial charge in [0.2, 0.25) is 5.91 Å². The van der Waals surface area contributed by atoms with Crippen LogP contribution in [0.2, 0.25) is 0 Å². The maximum Gasteiger partial charge on any atom is 0.416 e. The second-order valence-corrected chi connectivity index (χ2v) is 5.07. The Morgan fingerprint density at radius 3 is 2.40 bits per heavy atom. The van der Waals surface area contributed by atoms with Crippen molar-refractivity contribution in [1.29, 1.82) is 0 Å². The molecule has 0 aliphatic heterocycles. The maximum atomic E-state index is 13.0. The molecule has 20 heavy (non-hydrogen) atoms. The third kappa shape index (κ3) is 3.30. The molecule has 3 nitrogen and oxygen atoms in total. The summed E-state index contributed by atoms with van der Waals surface area (Å²) in [5.74, 6) is -0.784. The fraction of sp³-hybridized carbons (Fsp3) is 0.500. The van der Waals surface area contributed by atoms with Gasteiger partial charge in [-0.1, -0.05) is 31.0 Å². The predicted molar refractivity (Wildman–Crippen MR) is 68.8 cm³/mol. The van der Waals surface area contributed by atoms with Crippen molar-refractivity contribution in [2.45, 2.75) is 43.9 Å². The van der Waals surface area contributed by atoms with Crippen molar-refractivity contribution in [2.24, 2.45) is 5.73 Å². The van der Waals surface area contributed by atoms with E-state index in [1.165, 1.54) is 18.2 Å². The largest absolute Gasteiger partial charge is 0.416 e. The van der Waals surface area contributed by atoms with Crippen LogP contribution in [0.3, 0.4) is 0 Å². The van der Waals surface area contributed by atoms with Crippen LogP contribution in [0.4, 0.5) is 13.2 Å². The summed E-state index contributed by atoms with van der Waals surface area (Å²) < 4.78 is 39.0. The van der Waals surface area contributed by atoms with Crippen molar-refractivity contribution < 1.29 is 18.0 Å². The summed E-state index contributed by atoms with van der Waals surface area (Å²) in [7, 11) is 0. The minimum Gasteiger partial charge on any atom is -0.368 e. The summed E-state index contributed by atoms with van der Waals surface area (Å²) in [5.41, 5.74) is 4.38. The first-order chi connectivity index (χ1) is 9.39. The predicted octanol–water partition coefficient (Wildman–Crippen LogP) is 2.76. The van der Waals surface area contributed by atoms with E-state index in [0.717, 1.165) is 31.7 Å². The van der Waals surface area contributed by atoms with Crippen LogP contribution in [0.1, 0.15) is 42.9 Å². The molecular formula is C14H17F3N2O. The zero-order chi connectivity index (χ0) is 14.8. The van der Waals surface area contributed by atoms with Crippen LogP contribution in [0.5, 0.6) is 0 Å². The number of hydrogen-bond acceptors (Lipinski definition) is 2. The Labute approximate surface area is 115 Å². The van der Waals surface area contributed by atoms with E-state index in [-0.39, 0.29) is 11.6 Å². The van der Waals surface area contributed by atoms with Gasteiger partial charge in [-0.05, 0) is 24.5 Å². The van der Waals surface area contributed by atoms with Gasteiger partial charge in [0.25, 0.3) is 0 Å². The Kier molecular flexibility index (Phi) is 4.32. The summed E-state index contributed by atoms with van der Waals surface area (Å²) in [6.07, 6.45) is -0.744. The zero-order valence-corrected chi connectivity index (χ0v) is 10.9. The lowest BCUT2D eigenvalue weighted by Crippen LogP contribution is -2.39. The molecule has 0 aromatic heterocycles. The van der Waals surface area contributed by atoms with Crippen LogP contribution in [0.15, 0.2) is 24.3 Å². The Morgan fingerprint density at radius 1 is 1.25 bits per heavy atom. The number of carbonyl (C=O) groups is 1. The van der Waals surface area contributed by atoms with Gasteiger partial charge in [-0.3, -0.25) is 10.1 Å². The zero-order valence-electron chi connectivity index (χ0n) is 10.9. The van der Waals surface area contributed by atoms with Crippen LogP contribution in [0, 0.1) is 0 Å². The highest BCUT2D eigenvalue weighted by molar-refractivity contribution is 5.82. The number of benzene rings is 1. The van der Waals surface area contributed by atoms with Crippen LogP contribution in [-0.2, 0) is 11.0 Å². The van der Waals surface area contributed by atoms with Gasteiger partial charge in [0.1, 0.15) is 6.04 Å². The number of carbonyl (C=O) groups excluding carboxylic acids is 1. The highest BCUT2D eigenvalue weighted by atomic mass is 19.4. The van der Waals surface area contributed by atoms with Gasteiger partial charge in [-0.15, -0.1) is 0 Å². The second kappa shape index (κ2) is 5.83. The fourth-order valence-corrected chi connectivity index (χ4v) is 2.66. The standard InChI is InChI=1S/C14H17F3N2O/c15-14(16,17)11-8-4-3-7-10(11)12(13(18)20)19-9-5-1-2-6-9/h3-4,7-9,12,19H,1-2,5-6H2,(H2,18,20). The molecule has 1 fully saturated rings. The van der Waals surface area contributed by atoms with Gasteiger partial charge in [0.05, 0.1) is 5.56 Å². The highest BCUT2D eigenvalue weighted by Gasteiger charge is 2.36. The van der Waals surface area contributed by atoms with E-state index in [1.54, 1.807) is 0 Å². The Balaban J connectivity index is 2.31. The summed E-state index contributed by atoms with van der Waals surface area (Å²) >= 11 is 0. The lowest BCUT2D eigenvalue weighted by molar-refractivity contribution is -0.138. The second-order valence-electron chi connectivity index (χ2n) is 5.07. The molecule has 1 unspecified atom stereocenters. The number of alkyl halides is 3. The van der Waals surface area contributed by atoms with Crippen LogP contribution in [-0.4, -0.2) is 11.9 Å². The van der Waals surface area contributed by atoms with Crippen molar-refractivity contribution >= 4 is 5.91 Å². The van der Waals surface area contributed by atoms with Gasteiger partial charge < -0.3 is 5.73 Å². The third-order valence-corrected chi connectivity index (χ3v) is 3.62. The van der Waals surface area contributed by atoms with E-state index >= 15 is 0 Å². The molecule has 0 radical (unpaired) electrons. The molecule has 6 heteroatoms. The number of hydrogen-bond donors (Lipinski definition) is 2. The summed E-state index contributed by atoms with van der Waals surface area (Å²) in [6.45, 7) is 0. The molecule has 1 aromatic carbocycles. The van der Waals surface area contributed by atoms with E-state index in [1.807, 2.05) is 0 Å². The van der Waals surface area contributed by atoms with Crippen LogP contribution < -0.4 is 11.1 Å². The molecule has 0 heterocycles. The van der Waals surface area contributed by atoms with Crippen molar-refractivity contribution in [3.63, 3.8) is 0 Å². The first-order valence-electron chi connectivity index (χ1n) is 6.61. The van der Waals surface area contributed by atoms with Gasteiger partial charge in [-0.25, -0.2) is 0 Å². The van der Waals surface area contributed by atoms with E-state index < -0.39 is 23.7 Å². The lowest BCUT2D eigenvalue weighted by atomic mass is 9.98. The Hall–Kier alpha value is -1.56. The lowest BCUT2D eigenvalue weighted by Gasteiger charge is -2.23. The monoisotopic (exact) mass is 286 g/mol. The van der Waals surface area contributed by atoms with Gasteiger partial charge in [0, 0.05) is 6.04 Å². The quantitative estimate of drug-likeness (QED) is 0.894. The van der Waals surface area contributed by atoms with E-state index in [0.29, 0.717) is 0 Å². The maximum absolute atomic E-state index is 13.0. The molecule has 0 spiro atoms. The molecule has 1 saturated carbocycles. The molecule has 0 saturated heterocycles. The first kappa shape index (κ1) is 14.8. The SMILES string of the molecule is NC(=O)C(NC1CCCC1)c1ccccc1C(F)(F)F. The molecule has 0 bridgehead atoms. The molecular weight excluding hydrogens is 269 g/mol. The molecule has 1 amide bonds. The molecule has 3 N–H and O–H groups in total. The van der Waals surface area contributed by atoms with Crippen molar-refractivity contribution in [2.75, 3.05) is 0 Å². The molecule has 1 aliphatic carbocycles. The van der Waals surface area contributed by atoms with Crippen molar-refractivity contribution in [3.05, 3.63) is 35.4 Å². The van der Waals surface area contributed by atoms with Crippen molar-refractivity contribution in [3.8, 4) is 0 Å². The van der Waals surface area contributed by atoms with Crippen LogP contribution >= 0.6 is 0 Å². The average molecular weight is 286 g/mol. The number of primary amides is 1. The first-order valence-corrected chi connectivity index (χ1v) is 6.61. The fourth-order valence-electron chi connectivity index (χ4n) is 2.66. The number of rotatable bonds is 4. The minimum absolute atomic E-state index is 0.0498. The van der Waals surface area contributed by atoms with Gasteiger partial charge >= 0.3 is 6.18 Å². The van der Waals surface area contributed by atoms with E-state index in [9.17, 15) is 18.0 Å². The molecule has 1 atom stereocenters. The average Bonchev–Trinajstić information content (AvgIpc) is 2.87. The summed E-state index contributed by atoms with van der Waals surface area (Å²) in [4.78, 5) is 11.6. The summed E-state index contributed by atoms with van der Waals surface area (Å²) in [6, 6.07) is 4.02. The third-order valence-electron chi connectivity index (χ3n) is 3.62. The Bertz CT molecular complexity index is 482. The van der Waals surface area contributed by atoms with Gasteiger partial charge in [-0.2, -0.15) is 13.2 Å².